The molecule has 0 spiro atoms. The number of carbonyl (C=O) groups excluding carboxylic acids is 2. The Morgan fingerprint density at radius 3 is 1.45 bits per heavy atom. The van der Waals surface area contributed by atoms with E-state index in [1.54, 1.807) is 0 Å². The van der Waals surface area contributed by atoms with Gasteiger partial charge in [-0.2, -0.15) is 20.5 Å². The van der Waals surface area contributed by atoms with Crippen molar-refractivity contribution < 1.29 is 9.59 Å². The van der Waals surface area contributed by atoms with E-state index in [4.69, 9.17) is 5.26 Å². The third-order valence-corrected chi connectivity index (χ3v) is 3.72. The van der Waals surface area contributed by atoms with E-state index < -0.39 is 5.54 Å². The average Bonchev–Trinajstić information content (AvgIpc) is 2.53. The number of hydrogen-bond donors (Lipinski definition) is 1. The van der Waals surface area contributed by atoms with Gasteiger partial charge in [-0.25, -0.2) is 5.43 Å². The lowest BCUT2D eigenvalue weighted by Gasteiger charge is -2.31. The summed E-state index contributed by atoms with van der Waals surface area (Å²) in [5.74, 6) is 0. The quantitative estimate of drug-likeness (QED) is 0.285. The Balaban J connectivity index is 0. The molecule has 0 radical (unpaired) electrons. The summed E-state index contributed by atoms with van der Waals surface area (Å²) < 4.78 is 0. The molecule has 0 unspecified atom stereocenters. The standard InChI is InChI=1S/C16H34N2.C6H9N5O2/c1-13(2,3)11-15(7,8)17-18-16(9,10)12-14(4,5)6;1-6(2,3-7)11(5-13)10-9-8-4-12/h11-12H2,1-10H3;4-5H,1-2H3,(H,8,10,12). The summed E-state index contributed by atoms with van der Waals surface area (Å²) in [7, 11) is 0. The summed E-state index contributed by atoms with van der Waals surface area (Å²) in [5.41, 5.74) is 1.21. The second-order valence-electron chi connectivity index (χ2n) is 11.9. The summed E-state index contributed by atoms with van der Waals surface area (Å²) in [5, 5.41) is 25.1. The molecule has 0 saturated heterocycles. The molecule has 0 aromatic heterocycles. The van der Waals surface area contributed by atoms with Crippen molar-refractivity contribution in [2.45, 2.75) is 113 Å². The molecule has 0 atom stereocenters. The van der Waals surface area contributed by atoms with Crippen LogP contribution in [0.1, 0.15) is 95.9 Å². The first-order valence-corrected chi connectivity index (χ1v) is 10.4. The van der Waals surface area contributed by atoms with Crippen LogP contribution in [0.5, 0.6) is 0 Å². The second-order valence-corrected chi connectivity index (χ2v) is 11.9. The number of nitrogens with zero attached hydrogens (tertiary/aromatic N) is 6. The fraction of sp³-hybridized carbons (Fsp3) is 0.864. The van der Waals surface area contributed by atoms with Gasteiger partial charge in [0.15, 0.2) is 0 Å². The minimum Gasteiger partial charge on any atom is -0.277 e. The molecule has 0 aromatic carbocycles. The predicted molar refractivity (Wildman–Crippen MR) is 123 cm³/mol. The van der Waals surface area contributed by atoms with Crippen LogP contribution in [0.3, 0.4) is 0 Å². The first kappa shape index (κ1) is 30.8. The van der Waals surface area contributed by atoms with Gasteiger partial charge in [0, 0.05) is 0 Å². The van der Waals surface area contributed by atoms with Crippen LogP contribution in [-0.4, -0.2) is 34.4 Å². The van der Waals surface area contributed by atoms with Gasteiger partial charge in [0.05, 0.1) is 17.1 Å². The van der Waals surface area contributed by atoms with Crippen LogP contribution >= 0.6 is 0 Å². The molecule has 9 nitrogen and oxygen atoms in total. The number of carbonyl (C=O) groups is 2. The zero-order valence-electron chi connectivity index (χ0n) is 21.6. The van der Waals surface area contributed by atoms with Crippen LogP contribution in [0.15, 0.2) is 20.7 Å². The molecule has 0 aromatic rings. The lowest BCUT2D eigenvalue weighted by molar-refractivity contribution is -0.122. The van der Waals surface area contributed by atoms with Crippen molar-refractivity contribution in [3.05, 3.63) is 0 Å². The fourth-order valence-corrected chi connectivity index (χ4v) is 3.35. The number of amides is 2. The first-order chi connectivity index (χ1) is 13.7. The fourth-order valence-electron chi connectivity index (χ4n) is 3.35. The highest BCUT2D eigenvalue weighted by Gasteiger charge is 2.29. The van der Waals surface area contributed by atoms with Crippen LogP contribution in [0.2, 0.25) is 0 Å². The summed E-state index contributed by atoms with van der Waals surface area (Å²) in [6.45, 7) is 25.2. The second kappa shape index (κ2) is 11.9. The molecule has 0 bridgehead atoms. The first-order valence-electron chi connectivity index (χ1n) is 10.4. The highest BCUT2D eigenvalue weighted by atomic mass is 16.2. The predicted octanol–water partition coefficient (Wildman–Crippen LogP) is 5.64. The van der Waals surface area contributed by atoms with Crippen LogP contribution in [-0.2, 0) is 9.59 Å². The highest BCUT2D eigenvalue weighted by molar-refractivity contribution is 5.49. The van der Waals surface area contributed by atoms with Gasteiger partial charge in [0.25, 0.3) is 0 Å². The Morgan fingerprint density at radius 1 is 0.806 bits per heavy atom. The molecule has 31 heavy (non-hydrogen) atoms. The lowest BCUT2D eigenvalue weighted by atomic mass is 9.81. The van der Waals surface area contributed by atoms with Gasteiger partial charge < -0.3 is 0 Å². The lowest BCUT2D eigenvalue weighted by Crippen LogP contribution is -2.37. The third-order valence-electron chi connectivity index (χ3n) is 3.72. The van der Waals surface area contributed by atoms with Gasteiger partial charge in [-0.3, -0.25) is 9.59 Å². The zero-order valence-corrected chi connectivity index (χ0v) is 21.6. The maximum absolute atomic E-state index is 10.4. The van der Waals surface area contributed by atoms with Crippen molar-refractivity contribution >= 4 is 12.8 Å². The van der Waals surface area contributed by atoms with Crippen molar-refractivity contribution in [3.8, 4) is 6.07 Å². The Kier molecular flexibility index (Phi) is 11.8. The van der Waals surface area contributed by atoms with Gasteiger partial charge in [0.1, 0.15) is 5.54 Å². The Hall–Kier alpha value is -2.37. The molecule has 0 saturated carbocycles. The number of hydrogen-bond acceptors (Lipinski definition) is 7. The van der Waals surface area contributed by atoms with Crippen LogP contribution < -0.4 is 5.43 Å². The highest BCUT2D eigenvalue weighted by Crippen LogP contribution is 2.33. The van der Waals surface area contributed by atoms with E-state index in [1.807, 2.05) is 11.5 Å². The Labute approximate surface area is 188 Å². The summed E-state index contributed by atoms with van der Waals surface area (Å²) in [6.07, 6.45) is 2.75. The average molecular weight is 438 g/mol. The molecule has 0 aliphatic rings. The van der Waals surface area contributed by atoms with E-state index >= 15 is 0 Å². The molecule has 1 N–H and O–H groups in total. The molecule has 0 rings (SSSR count). The van der Waals surface area contributed by atoms with Crippen molar-refractivity contribution in [1.82, 2.24) is 10.4 Å². The van der Waals surface area contributed by atoms with Crippen LogP contribution in [0.25, 0.3) is 0 Å². The van der Waals surface area contributed by atoms with E-state index in [-0.39, 0.29) is 21.9 Å². The monoisotopic (exact) mass is 437 g/mol. The molecular weight excluding hydrogens is 394 g/mol. The number of nitriles is 1. The zero-order chi connectivity index (χ0) is 25.1. The van der Waals surface area contributed by atoms with Crippen LogP contribution in [0.4, 0.5) is 0 Å². The van der Waals surface area contributed by atoms with Gasteiger partial charge in [-0.15, -0.1) is 0 Å². The number of azo groups is 1. The van der Waals surface area contributed by atoms with Gasteiger partial charge in [-0.05, 0) is 75.7 Å². The molecule has 9 heteroatoms. The van der Waals surface area contributed by atoms with E-state index in [9.17, 15) is 9.59 Å². The molecule has 0 fully saturated rings. The maximum Gasteiger partial charge on any atom is 0.232 e. The SMILES string of the molecule is CC(C)(C#N)N(C=O)N=NNC=O.CC(C)(C)CC(C)(C)N=NC(C)(C)CC(C)(C)C. The maximum atomic E-state index is 10.4. The summed E-state index contributed by atoms with van der Waals surface area (Å²) in [6, 6.07) is 1.84. The van der Waals surface area contributed by atoms with E-state index in [0.717, 1.165) is 17.9 Å². The van der Waals surface area contributed by atoms with Crippen molar-refractivity contribution in [2.75, 3.05) is 0 Å². The minimum absolute atomic E-state index is 0.0760. The van der Waals surface area contributed by atoms with E-state index in [2.05, 4.69) is 89.9 Å². The largest absolute Gasteiger partial charge is 0.277 e. The number of rotatable bonds is 9. The van der Waals surface area contributed by atoms with Crippen molar-refractivity contribution in [2.24, 2.45) is 31.5 Å². The Morgan fingerprint density at radius 2 is 1.19 bits per heavy atom. The third kappa shape index (κ3) is 17.0. The topological polar surface area (TPSA) is 123 Å². The van der Waals surface area contributed by atoms with E-state index in [1.165, 1.54) is 13.8 Å². The minimum atomic E-state index is -1.09. The molecule has 0 aliphatic carbocycles. The van der Waals surface area contributed by atoms with Crippen molar-refractivity contribution in [3.63, 3.8) is 0 Å². The van der Waals surface area contributed by atoms with Crippen molar-refractivity contribution in [1.29, 1.82) is 5.26 Å². The normalized spacial score (nSPS) is 13.4. The van der Waals surface area contributed by atoms with Gasteiger partial charge in [-0.1, -0.05) is 41.5 Å². The van der Waals surface area contributed by atoms with Gasteiger partial charge in [0.2, 0.25) is 12.8 Å². The molecule has 0 aliphatic heterocycles. The van der Waals surface area contributed by atoms with Crippen LogP contribution in [0, 0.1) is 22.2 Å². The molecular formula is C22H43N7O2. The number of nitrogens with one attached hydrogen (secondary N) is 1. The summed E-state index contributed by atoms with van der Waals surface area (Å²) in [4.78, 5) is 20.2. The van der Waals surface area contributed by atoms with Gasteiger partial charge >= 0.3 is 0 Å². The Bertz CT molecular complexity index is 631. The summed E-state index contributed by atoms with van der Waals surface area (Å²) >= 11 is 0. The molecule has 0 heterocycles. The molecule has 178 valence electrons. The smallest absolute Gasteiger partial charge is 0.232 e. The molecule has 2 amide bonds. The van der Waals surface area contributed by atoms with E-state index in [0.29, 0.717) is 12.8 Å².